The van der Waals surface area contributed by atoms with Gasteiger partial charge in [-0.2, -0.15) is 0 Å². The number of nitrogens with one attached hydrogen (secondary N) is 1. The second-order valence-electron chi connectivity index (χ2n) is 4.26. The zero-order valence-electron chi connectivity index (χ0n) is 8.92. The molecule has 2 atom stereocenters. The number of hydrogen-bond acceptors (Lipinski definition) is 2. The summed E-state index contributed by atoms with van der Waals surface area (Å²) in [5.41, 5.74) is 1.10. The lowest BCUT2D eigenvalue weighted by atomic mass is 9.90. The van der Waals surface area contributed by atoms with E-state index < -0.39 is 0 Å². The van der Waals surface area contributed by atoms with Crippen LogP contribution in [-0.2, 0) is 6.42 Å². The van der Waals surface area contributed by atoms with Gasteiger partial charge in [-0.25, -0.2) is 0 Å². The first-order valence-corrected chi connectivity index (χ1v) is 6.66. The van der Waals surface area contributed by atoms with Gasteiger partial charge in [-0.15, -0.1) is 0 Å². The average molecular weight is 305 g/mol. The minimum absolute atomic E-state index is 0.212. The molecule has 88 valence electrons. The molecule has 2 nitrogen and oxygen atoms in total. The molecule has 1 heterocycles. The number of aliphatic hydroxyl groups excluding tert-OH is 1. The summed E-state index contributed by atoms with van der Waals surface area (Å²) in [6.07, 6.45) is 1.44. The smallest absolute Gasteiger partial charge is 0.0595 e. The zero-order chi connectivity index (χ0) is 11.5. The van der Waals surface area contributed by atoms with Crippen molar-refractivity contribution in [2.75, 3.05) is 13.1 Å². The molecule has 1 aromatic rings. The van der Waals surface area contributed by atoms with E-state index in [9.17, 15) is 5.11 Å². The van der Waals surface area contributed by atoms with Crippen LogP contribution in [0.1, 0.15) is 12.0 Å². The van der Waals surface area contributed by atoms with E-state index in [2.05, 4.69) is 21.2 Å². The van der Waals surface area contributed by atoms with Crippen molar-refractivity contribution in [1.29, 1.82) is 0 Å². The highest BCUT2D eigenvalue weighted by Crippen LogP contribution is 2.25. The molecule has 1 aromatic carbocycles. The Morgan fingerprint density at radius 2 is 2.31 bits per heavy atom. The maximum absolute atomic E-state index is 9.90. The Labute approximate surface area is 109 Å². The highest BCUT2D eigenvalue weighted by molar-refractivity contribution is 9.10. The lowest BCUT2D eigenvalue weighted by Gasteiger charge is -2.28. The summed E-state index contributed by atoms with van der Waals surface area (Å²) in [6.45, 7) is 1.77. The van der Waals surface area contributed by atoms with Gasteiger partial charge in [-0.05, 0) is 43.1 Å². The molecule has 0 aromatic heterocycles. The number of aliphatic hydroxyl groups is 1. The molecule has 1 aliphatic heterocycles. The molecule has 0 aliphatic carbocycles. The van der Waals surface area contributed by atoms with E-state index in [1.807, 2.05) is 18.2 Å². The molecule has 1 unspecified atom stereocenters. The lowest BCUT2D eigenvalue weighted by Crippen LogP contribution is -2.40. The molecule has 0 radical (unpaired) electrons. The summed E-state index contributed by atoms with van der Waals surface area (Å²) in [7, 11) is 0. The van der Waals surface area contributed by atoms with Crippen molar-refractivity contribution in [1.82, 2.24) is 5.32 Å². The van der Waals surface area contributed by atoms with Crippen LogP contribution in [-0.4, -0.2) is 24.3 Å². The highest BCUT2D eigenvalue weighted by Gasteiger charge is 2.23. The van der Waals surface area contributed by atoms with Crippen molar-refractivity contribution in [3.63, 3.8) is 0 Å². The molecule has 2 rings (SSSR count). The molecule has 0 bridgehead atoms. The van der Waals surface area contributed by atoms with Gasteiger partial charge in [0, 0.05) is 22.0 Å². The van der Waals surface area contributed by atoms with Gasteiger partial charge in [0.1, 0.15) is 0 Å². The SMILES string of the molecule is OC1CCNC[C@@H]1Cc1cc(Br)ccc1Cl. The molecule has 4 heteroatoms. The van der Waals surface area contributed by atoms with Crippen LogP contribution in [0, 0.1) is 5.92 Å². The predicted octanol–water partition coefficient (Wildman–Crippen LogP) is 2.62. The largest absolute Gasteiger partial charge is 0.393 e. The number of hydrogen-bond donors (Lipinski definition) is 2. The van der Waals surface area contributed by atoms with E-state index in [4.69, 9.17) is 11.6 Å². The maximum Gasteiger partial charge on any atom is 0.0595 e. The van der Waals surface area contributed by atoms with Crippen LogP contribution in [0.15, 0.2) is 22.7 Å². The van der Waals surface area contributed by atoms with Crippen LogP contribution in [0.5, 0.6) is 0 Å². The van der Waals surface area contributed by atoms with E-state index >= 15 is 0 Å². The van der Waals surface area contributed by atoms with Gasteiger partial charge in [0.15, 0.2) is 0 Å². The summed E-state index contributed by atoms with van der Waals surface area (Å²) < 4.78 is 1.03. The van der Waals surface area contributed by atoms with Gasteiger partial charge in [0.25, 0.3) is 0 Å². The Kier molecular flexibility index (Phi) is 4.25. The fourth-order valence-corrected chi connectivity index (χ4v) is 2.70. The lowest BCUT2D eigenvalue weighted by molar-refractivity contribution is 0.0791. The van der Waals surface area contributed by atoms with Gasteiger partial charge in [0.05, 0.1) is 6.10 Å². The van der Waals surface area contributed by atoms with Crippen molar-refractivity contribution >= 4 is 27.5 Å². The Hall–Kier alpha value is -0.0900. The number of rotatable bonds is 2. The van der Waals surface area contributed by atoms with Gasteiger partial charge in [0.2, 0.25) is 0 Å². The molecule has 0 spiro atoms. The minimum atomic E-state index is -0.212. The predicted molar refractivity (Wildman–Crippen MR) is 69.8 cm³/mol. The molecule has 2 N–H and O–H groups in total. The van der Waals surface area contributed by atoms with E-state index in [-0.39, 0.29) is 12.0 Å². The molecule has 1 saturated heterocycles. The molecule has 1 aliphatic rings. The van der Waals surface area contributed by atoms with Crippen molar-refractivity contribution < 1.29 is 5.11 Å². The fourth-order valence-electron chi connectivity index (χ4n) is 2.10. The summed E-state index contributed by atoms with van der Waals surface area (Å²) >= 11 is 9.58. The Morgan fingerprint density at radius 1 is 1.50 bits per heavy atom. The zero-order valence-corrected chi connectivity index (χ0v) is 11.3. The summed E-state index contributed by atoms with van der Waals surface area (Å²) in [5.74, 6) is 0.264. The first kappa shape index (κ1) is 12.4. The molecule has 0 saturated carbocycles. The second-order valence-corrected chi connectivity index (χ2v) is 5.58. The third-order valence-corrected chi connectivity index (χ3v) is 3.92. The first-order chi connectivity index (χ1) is 7.66. The van der Waals surface area contributed by atoms with Crippen LogP contribution >= 0.6 is 27.5 Å². The van der Waals surface area contributed by atoms with Gasteiger partial charge in [-0.3, -0.25) is 0 Å². The molecule has 16 heavy (non-hydrogen) atoms. The molecule has 0 amide bonds. The normalized spacial score (nSPS) is 25.7. The average Bonchev–Trinajstić information content (AvgIpc) is 2.27. The van der Waals surface area contributed by atoms with Gasteiger partial charge < -0.3 is 10.4 Å². The van der Waals surface area contributed by atoms with E-state index in [0.717, 1.165) is 41.0 Å². The minimum Gasteiger partial charge on any atom is -0.393 e. The van der Waals surface area contributed by atoms with Crippen LogP contribution in [0.2, 0.25) is 5.02 Å². The van der Waals surface area contributed by atoms with Crippen molar-refractivity contribution in [3.8, 4) is 0 Å². The Bertz CT molecular complexity index is 372. The van der Waals surface area contributed by atoms with Crippen molar-refractivity contribution in [2.45, 2.75) is 18.9 Å². The Morgan fingerprint density at radius 3 is 3.06 bits per heavy atom. The first-order valence-electron chi connectivity index (χ1n) is 5.49. The number of benzene rings is 1. The summed E-state index contributed by atoms with van der Waals surface area (Å²) in [4.78, 5) is 0. The van der Waals surface area contributed by atoms with E-state index in [0.29, 0.717) is 0 Å². The molecule has 1 fully saturated rings. The quantitative estimate of drug-likeness (QED) is 0.880. The molecular weight excluding hydrogens is 289 g/mol. The number of piperidine rings is 1. The fraction of sp³-hybridized carbons (Fsp3) is 0.500. The number of halogens is 2. The van der Waals surface area contributed by atoms with Crippen LogP contribution in [0.4, 0.5) is 0 Å². The topological polar surface area (TPSA) is 32.3 Å². The summed E-state index contributed by atoms with van der Waals surface area (Å²) in [6, 6.07) is 5.86. The summed E-state index contributed by atoms with van der Waals surface area (Å²) in [5, 5.41) is 14.0. The Balaban J connectivity index is 2.10. The van der Waals surface area contributed by atoms with E-state index in [1.165, 1.54) is 0 Å². The third-order valence-electron chi connectivity index (χ3n) is 3.06. The van der Waals surface area contributed by atoms with Crippen LogP contribution in [0.3, 0.4) is 0 Å². The van der Waals surface area contributed by atoms with Gasteiger partial charge in [-0.1, -0.05) is 27.5 Å². The standard InChI is InChI=1S/C12H15BrClNO/c13-10-1-2-11(14)8(6-10)5-9-7-15-4-3-12(9)16/h1-2,6,9,12,15-16H,3-5,7H2/t9-,12?/m0/s1. The monoisotopic (exact) mass is 303 g/mol. The van der Waals surface area contributed by atoms with Crippen LogP contribution in [0.25, 0.3) is 0 Å². The second kappa shape index (κ2) is 5.50. The highest BCUT2D eigenvalue weighted by atomic mass is 79.9. The molecular formula is C12H15BrClNO. The van der Waals surface area contributed by atoms with E-state index in [1.54, 1.807) is 0 Å². The maximum atomic E-state index is 9.90. The van der Waals surface area contributed by atoms with Crippen molar-refractivity contribution in [3.05, 3.63) is 33.3 Å². The van der Waals surface area contributed by atoms with Crippen molar-refractivity contribution in [2.24, 2.45) is 5.92 Å². The third kappa shape index (κ3) is 2.98. The van der Waals surface area contributed by atoms with Gasteiger partial charge >= 0.3 is 0 Å². The van der Waals surface area contributed by atoms with Crippen LogP contribution < -0.4 is 5.32 Å².